The molecule has 1 unspecified atom stereocenters. The van der Waals surface area contributed by atoms with Crippen molar-refractivity contribution in [1.82, 2.24) is 4.90 Å². The zero-order valence-electron chi connectivity index (χ0n) is 12.0. The van der Waals surface area contributed by atoms with Crippen molar-refractivity contribution in [3.8, 4) is 0 Å². The molecule has 1 atom stereocenters. The molecule has 0 bridgehead atoms. The van der Waals surface area contributed by atoms with E-state index in [0.717, 1.165) is 15.7 Å². The minimum absolute atomic E-state index is 0.207. The number of halogens is 1. The number of carbonyl (C=O) groups is 1. The molecular weight excluding hydrogens is 324 g/mol. The van der Waals surface area contributed by atoms with Gasteiger partial charge in [0, 0.05) is 36.4 Å². The molecule has 0 spiro atoms. The Kier molecular flexibility index (Phi) is 6.98. The number of urea groups is 1. The third-order valence-electron chi connectivity index (χ3n) is 2.88. The summed E-state index contributed by atoms with van der Waals surface area (Å²) in [5.41, 5.74) is 1.61. The molecule has 20 heavy (non-hydrogen) atoms. The zero-order valence-corrected chi connectivity index (χ0v) is 13.6. The molecular formula is C14H21BrN2O3. The first kappa shape index (κ1) is 16.9. The van der Waals surface area contributed by atoms with Crippen molar-refractivity contribution < 1.29 is 14.6 Å². The lowest BCUT2D eigenvalue weighted by molar-refractivity contribution is 0.167. The summed E-state index contributed by atoms with van der Waals surface area (Å²) in [6.45, 7) is 2.61. The number of methoxy groups -OCH3 is 1. The van der Waals surface area contributed by atoms with Crippen molar-refractivity contribution in [2.45, 2.75) is 26.1 Å². The average Bonchev–Trinajstić information content (AvgIpc) is 2.39. The van der Waals surface area contributed by atoms with Crippen molar-refractivity contribution >= 4 is 27.6 Å². The van der Waals surface area contributed by atoms with Gasteiger partial charge in [0.15, 0.2) is 0 Å². The van der Waals surface area contributed by atoms with Crippen molar-refractivity contribution in [2.75, 3.05) is 26.0 Å². The van der Waals surface area contributed by atoms with Crippen LogP contribution in [-0.2, 0) is 11.3 Å². The second-order valence-electron chi connectivity index (χ2n) is 4.69. The molecule has 0 heterocycles. The van der Waals surface area contributed by atoms with Crippen molar-refractivity contribution in [2.24, 2.45) is 0 Å². The summed E-state index contributed by atoms with van der Waals surface area (Å²) in [6.07, 6.45) is 0.132. The highest BCUT2D eigenvalue weighted by molar-refractivity contribution is 9.10. The Morgan fingerprint density at radius 3 is 2.85 bits per heavy atom. The molecule has 0 aliphatic rings. The first-order chi connectivity index (χ1) is 9.45. The Balaban J connectivity index is 2.72. The van der Waals surface area contributed by atoms with E-state index in [4.69, 9.17) is 4.74 Å². The summed E-state index contributed by atoms with van der Waals surface area (Å²) in [5.74, 6) is 0. The van der Waals surface area contributed by atoms with Crippen LogP contribution in [0, 0.1) is 0 Å². The lowest BCUT2D eigenvalue weighted by Crippen LogP contribution is -2.33. The molecule has 1 rings (SSSR count). The number of ether oxygens (including phenoxy) is 1. The second kappa shape index (κ2) is 8.24. The molecule has 6 heteroatoms. The van der Waals surface area contributed by atoms with E-state index in [1.807, 2.05) is 18.2 Å². The monoisotopic (exact) mass is 344 g/mol. The van der Waals surface area contributed by atoms with Crippen LogP contribution >= 0.6 is 15.9 Å². The second-order valence-corrected chi connectivity index (χ2v) is 5.54. The summed E-state index contributed by atoms with van der Waals surface area (Å²) >= 11 is 3.45. The van der Waals surface area contributed by atoms with Crippen LogP contribution < -0.4 is 5.32 Å². The van der Waals surface area contributed by atoms with Crippen LogP contribution in [0.2, 0.25) is 0 Å². The van der Waals surface area contributed by atoms with Crippen LogP contribution in [0.1, 0.15) is 18.9 Å². The maximum absolute atomic E-state index is 12.1. The zero-order chi connectivity index (χ0) is 15.1. The van der Waals surface area contributed by atoms with E-state index in [0.29, 0.717) is 19.6 Å². The number of aliphatic hydroxyl groups excluding tert-OH is 1. The van der Waals surface area contributed by atoms with Crippen molar-refractivity contribution in [3.63, 3.8) is 0 Å². The highest BCUT2D eigenvalue weighted by Gasteiger charge is 2.13. The smallest absolute Gasteiger partial charge is 0.321 e. The van der Waals surface area contributed by atoms with Crippen molar-refractivity contribution in [3.05, 3.63) is 28.2 Å². The molecule has 0 aliphatic heterocycles. The predicted molar refractivity (Wildman–Crippen MR) is 82.8 cm³/mol. The quantitative estimate of drug-likeness (QED) is 0.833. The molecule has 2 amide bonds. The Hall–Kier alpha value is -1.11. The molecule has 0 radical (unpaired) electrons. The van der Waals surface area contributed by atoms with E-state index in [2.05, 4.69) is 21.2 Å². The van der Waals surface area contributed by atoms with Crippen LogP contribution in [0.15, 0.2) is 22.7 Å². The molecule has 5 nitrogen and oxygen atoms in total. The fraction of sp³-hybridized carbons (Fsp3) is 0.500. The van der Waals surface area contributed by atoms with Gasteiger partial charge in [-0.05, 0) is 25.5 Å². The number of carbonyl (C=O) groups excluding carboxylic acids is 1. The van der Waals surface area contributed by atoms with Gasteiger partial charge in [-0.3, -0.25) is 0 Å². The van der Waals surface area contributed by atoms with Gasteiger partial charge < -0.3 is 20.1 Å². The number of aliphatic hydroxyl groups is 1. The van der Waals surface area contributed by atoms with Gasteiger partial charge >= 0.3 is 6.03 Å². The fourth-order valence-electron chi connectivity index (χ4n) is 1.66. The van der Waals surface area contributed by atoms with E-state index >= 15 is 0 Å². The molecule has 0 saturated carbocycles. The van der Waals surface area contributed by atoms with E-state index in [1.165, 1.54) is 0 Å². The fourth-order valence-corrected chi connectivity index (χ4v) is 2.14. The predicted octanol–water partition coefficient (Wildman–Crippen LogP) is 2.83. The number of amides is 2. The van der Waals surface area contributed by atoms with Crippen LogP contribution in [0.3, 0.4) is 0 Å². The minimum Gasteiger partial charge on any atom is -0.393 e. The number of hydrogen-bond acceptors (Lipinski definition) is 3. The molecule has 2 N–H and O–H groups in total. The lowest BCUT2D eigenvalue weighted by Gasteiger charge is -2.20. The van der Waals surface area contributed by atoms with Gasteiger partial charge in [0.25, 0.3) is 0 Å². The third kappa shape index (κ3) is 5.11. The van der Waals surface area contributed by atoms with Crippen molar-refractivity contribution in [1.29, 1.82) is 0 Å². The topological polar surface area (TPSA) is 61.8 Å². The molecule has 112 valence electrons. The number of nitrogens with one attached hydrogen (secondary N) is 1. The number of anilines is 1. The molecule has 1 aromatic rings. The van der Waals surface area contributed by atoms with Crippen LogP contribution in [0.4, 0.5) is 10.5 Å². The van der Waals surface area contributed by atoms with Crippen LogP contribution in [-0.4, -0.2) is 42.8 Å². The molecule has 0 aliphatic carbocycles. The Bertz CT molecular complexity index is 452. The summed E-state index contributed by atoms with van der Waals surface area (Å²) in [7, 11) is 3.31. The van der Waals surface area contributed by atoms with E-state index in [-0.39, 0.29) is 6.03 Å². The molecule has 0 fully saturated rings. The van der Waals surface area contributed by atoms with Gasteiger partial charge in [-0.25, -0.2) is 4.79 Å². The van der Waals surface area contributed by atoms with Crippen LogP contribution in [0.5, 0.6) is 0 Å². The summed E-state index contributed by atoms with van der Waals surface area (Å²) < 4.78 is 6.03. The van der Waals surface area contributed by atoms with Gasteiger partial charge in [0.1, 0.15) is 0 Å². The van der Waals surface area contributed by atoms with Crippen LogP contribution in [0.25, 0.3) is 0 Å². The third-order valence-corrected chi connectivity index (χ3v) is 3.62. The molecule has 1 aromatic carbocycles. The van der Waals surface area contributed by atoms with E-state index < -0.39 is 6.10 Å². The normalized spacial score (nSPS) is 12.1. The summed E-state index contributed by atoms with van der Waals surface area (Å²) in [5, 5.41) is 12.1. The van der Waals surface area contributed by atoms with E-state index in [9.17, 15) is 9.90 Å². The summed E-state index contributed by atoms with van der Waals surface area (Å²) in [4.78, 5) is 13.6. The first-order valence-electron chi connectivity index (χ1n) is 6.42. The molecule has 0 aromatic heterocycles. The maximum atomic E-state index is 12.1. The maximum Gasteiger partial charge on any atom is 0.321 e. The van der Waals surface area contributed by atoms with Gasteiger partial charge in [0.2, 0.25) is 0 Å². The van der Waals surface area contributed by atoms with Gasteiger partial charge in [-0.1, -0.05) is 22.0 Å². The minimum atomic E-state index is -0.417. The molecule has 0 saturated heterocycles. The highest BCUT2D eigenvalue weighted by Crippen LogP contribution is 2.25. The highest BCUT2D eigenvalue weighted by atomic mass is 79.9. The standard InChI is InChI=1S/C14H21BrN2O3/c1-10(18)7-8-17(2)14(19)16-13-6-4-5-12(15)11(13)9-20-3/h4-6,10,18H,7-9H2,1-3H3,(H,16,19). The van der Waals surface area contributed by atoms with E-state index in [1.54, 1.807) is 26.0 Å². The SMILES string of the molecule is COCc1c(Br)cccc1NC(=O)N(C)CCC(C)O. The number of benzene rings is 1. The Morgan fingerprint density at radius 1 is 1.55 bits per heavy atom. The van der Waals surface area contributed by atoms with Gasteiger partial charge in [-0.2, -0.15) is 0 Å². The largest absolute Gasteiger partial charge is 0.393 e. The Morgan fingerprint density at radius 2 is 2.25 bits per heavy atom. The Labute approximate surface area is 128 Å². The lowest BCUT2D eigenvalue weighted by atomic mass is 10.2. The first-order valence-corrected chi connectivity index (χ1v) is 7.21. The average molecular weight is 345 g/mol. The van der Waals surface area contributed by atoms with Gasteiger partial charge in [0.05, 0.1) is 12.7 Å². The number of rotatable bonds is 6. The summed E-state index contributed by atoms with van der Waals surface area (Å²) in [6, 6.07) is 5.39. The van der Waals surface area contributed by atoms with Gasteiger partial charge in [-0.15, -0.1) is 0 Å². The number of hydrogen-bond donors (Lipinski definition) is 2. The number of nitrogens with zero attached hydrogens (tertiary/aromatic N) is 1.